The van der Waals surface area contributed by atoms with Crippen LogP contribution in [0.25, 0.3) is 16.7 Å². The van der Waals surface area contributed by atoms with Crippen molar-refractivity contribution in [1.29, 1.82) is 0 Å². The first-order chi connectivity index (χ1) is 14.7. The lowest BCUT2D eigenvalue weighted by Gasteiger charge is -2.11. The van der Waals surface area contributed by atoms with E-state index in [9.17, 15) is 4.39 Å². The van der Waals surface area contributed by atoms with Crippen LogP contribution < -0.4 is 10.6 Å². The van der Waals surface area contributed by atoms with Crippen LogP contribution in [0.15, 0.2) is 66.4 Å². The SMILES string of the molecule is CCNC(=NCc1ccc(-n2ccnc2)nc1)NCCc1c[nH]c2cc(F)ccc12. The van der Waals surface area contributed by atoms with Gasteiger partial charge in [-0.1, -0.05) is 6.07 Å². The molecular formula is C22H24FN7. The zero-order chi connectivity index (χ0) is 20.8. The molecule has 0 fully saturated rings. The third-order valence-corrected chi connectivity index (χ3v) is 4.76. The number of aromatic amines is 1. The summed E-state index contributed by atoms with van der Waals surface area (Å²) in [6.45, 7) is 4.05. The maximum absolute atomic E-state index is 13.3. The Morgan fingerprint density at radius 3 is 2.93 bits per heavy atom. The van der Waals surface area contributed by atoms with Gasteiger partial charge in [0, 0.05) is 48.8 Å². The van der Waals surface area contributed by atoms with E-state index in [0.29, 0.717) is 13.1 Å². The minimum Gasteiger partial charge on any atom is -0.361 e. The highest BCUT2D eigenvalue weighted by molar-refractivity contribution is 5.83. The van der Waals surface area contributed by atoms with Gasteiger partial charge in [0.15, 0.2) is 5.96 Å². The van der Waals surface area contributed by atoms with Crippen LogP contribution in [0.2, 0.25) is 0 Å². The van der Waals surface area contributed by atoms with E-state index in [1.165, 1.54) is 12.1 Å². The quantitative estimate of drug-likeness (QED) is 0.326. The van der Waals surface area contributed by atoms with Crippen LogP contribution in [0.4, 0.5) is 4.39 Å². The van der Waals surface area contributed by atoms with Gasteiger partial charge >= 0.3 is 0 Å². The average Bonchev–Trinajstić information content (AvgIpc) is 3.43. The zero-order valence-electron chi connectivity index (χ0n) is 16.8. The van der Waals surface area contributed by atoms with E-state index in [4.69, 9.17) is 0 Å². The number of benzene rings is 1. The molecule has 0 saturated heterocycles. The van der Waals surface area contributed by atoms with Gasteiger partial charge in [0.05, 0.1) is 6.54 Å². The summed E-state index contributed by atoms with van der Waals surface area (Å²) in [7, 11) is 0. The van der Waals surface area contributed by atoms with Crippen molar-refractivity contribution >= 4 is 16.9 Å². The molecule has 4 rings (SSSR count). The molecular weight excluding hydrogens is 381 g/mol. The van der Waals surface area contributed by atoms with Crippen LogP contribution >= 0.6 is 0 Å². The number of imidazole rings is 1. The number of rotatable bonds is 7. The largest absolute Gasteiger partial charge is 0.361 e. The number of guanidine groups is 1. The Morgan fingerprint density at radius 2 is 2.17 bits per heavy atom. The van der Waals surface area contributed by atoms with Crippen molar-refractivity contribution < 1.29 is 4.39 Å². The fourth-order valence-electron chi connectivity index (χ4n) is 3.25. The van der Waals surface area contributed by atoms with Gasteiger partial charge in [0.2, 0.25) is 0 Å². The number of H-pyrrole nitrogens is 1. The number of nitrogens with one attached hydrogen (secondary N) is 3. The highest BCUT2D eigenvalue weighted by atomic mass is 19.1. The number of aromatic nitrogens is 4. The molecule has 0 spiro atoms. The van der Waals surface area contributed by atoms with Gasteiger partial charge in [-0.2, -0.15) is 0 Å². The highest BCUT2D eigenvalue weighted by Crippen LogP contribution is 2.19. The molecule has 8 heteroatoms. The lowest BCUT2D eigenvalue weighted by Crippen LogP contribution is -2.38. The molecule has 0 saturated carbocycles. The number of pyridine rings is 1. The molecule has 3 N–H and O–H groups in total. The van der Waals surface area contributed by atoms with Crippen LogP contribution in [0, 0.1) is 5.82 Å². The Morgan fingerprint density at radius 1 is 1.23 bits per heavy atom. The van der Waals surface area contributed by atoms with Gasteiger partial charge in [-0.3, -0.25) is 4.57 Å². The van der Waals surface area contributed by atoms with E-state index in [1.807, 2.05) is 48.3 Å². The molecule has 0 bridgehead atoms. The van der Waals surface area contributed by atoms with Crippen LogP contribution in [0.3, 0.4) is 0 Å². The summed E-state index contributed by atoms with van der Waals surface area (Å²) in [4.78, 5) is 16.3. The first-order valence-electron chi connectivity index (χ1n) is 9.94. The first-order valence-corrected chi connectivity index (χ1v) is 9.94. The van der Waals surface area contributed by atoms with Crippen LogP contribution in [0.5, 0.6) is 0 Å². The number of fused-ring (bicyclic) bond motifs is 1. The van der Waals surface area contributed by atoms with Crippen molar-refractivity contribution in [1.82, 2.24) is 30.2 Å². The number of hydrogen-bond acceptors (Lipinski definition) is 3. The topological polar surface area (TPSA) is 82.9 Å². The molecule has 30 heavy (non-hydrogen) atoms. The highest BCUT2D eigenvalue weighted by Gasteiger charge is 2.05. The van der Waals surface area contributed by atoms with Gasteiger partial charge in [0.1, 0.15) is 18.0 Å². The van der Waals surface area contributed by atoms with E-state index < -0.39 is 0 Å². The summed E-state index contributed by atoms with van der Waals surface area (Å²) >= 11 is 0. The minimum absolute atomic E-state index is 0.233. The molecule has 154 valence electrons. The second-order valence-electron chi connectivity index (χ2n) is 6.87. The fraction of sp³-hybridized carbons (Fsp3) is 0.227. The van der Waals surface area contributed by atoms with Gasteiger partial charge < -0.3 is 15.6 Å². The zero-order valence-corrected chi connectivity index (χ0v) is 16.8. The van der Waals surface area contributed by atoms with Crippen LogP contribution in [0.1, 0.15) is 18.1 Å². The Hall–Kier alpha value is -3.68. The second-order valence-corrected chi connectivity index (χ2v) is 6.87. The predicted molar refractivity (Wildman–Crippen MR) is 116 cm³/mol. The minimum atomic E-state index is -0.233. The third-order valence-electron chi connectivity index (χ3n) is 4.76. The van der Waals surface area contributed by atoms with Crippen LogP contribution in [-0.4, -0.2) is 38.6 Å². The molecule has 3 heterocycles. The van der Waals surface area contributed by atoms with Gasteiger partial charge in [-0.05, 0) is 48.7 Å². The van der Waals surface area contributed by atoms with E-state index in [0.717, 1.165) is 46.8 Å². The summed E-state index contributed by atoms with van der Waals surface area (Å²) in [5.74, 6) is 1.34. The molecule has 0 aliphatic rings. The molecule has 0 amide bonds. The Labute approximate surface area is 174 Å². The van der Waals surface area contributed by atoms with Crippen LogP contribution in [-0.2, 0) is 13.0 Å². The summed E-state index contributed by atoms with van der Waals surface area (Å²) in [6, 6.07) is 8.79. The molecule has 0 atom stereocenters. The lowest BCUT2D eigenvalue weighted by atomic mass is 10.1. The van der Waals surface area contributed by atoms with E-state index in [2.05, 4.69) is 30.6 Å². The van der Waals surface area contributed by atoms with E-state index >= 15 is 0 Å². The van der Waals surface area contributed by atoms with Gasteiger partial charge in [-0.25, -0.2) is 19.4 Å². The summed E-state index contributed by atoms with van der Waals surface area (Å²) in [6.07, 6.45) is 9.87. The number of hydrogen-bond donors (Lipinski definition) is 3. The molecule has 0 radical (unpaired) electrons. The van der Waals surface area contributed by atoms with Crippen molar-refractivity contribution in [3.8, 4) is 5.82 Å². The molecule has 0 unspecified atom stereocenters. The Kier molecular flexibility index (Phi) is 6.03. The molecule has 0 aliphatic heterocycles. The van der Waals surface area contributed by atoms with E-state index in [-0.39, 0.29) is 5.82 Å². The lowest BCUT2D eigenvalue weighted by molar-refractivity contribution is 0.629. The average molecular weight is 405 g/mol. The predicted octanol–water partition coefficient (Wildman–Crippen LogP) is 3.19. The number of aliphatic imine (C=N–C) groups is 1. The van der Waals surface area contributed by atoms with Crippen molar-refractivity contribution in [2.75, 3.05) is 13.1 Å². The van der Waals surface area contributed by atoms with Crippen molar-refractivity contribution in [3.05, 3.63) is 78.4 Å². The van der Waals surface area contributed by atoms with Crippen molar-refractivity contribution in [2.45, 2.75) is 19.9 Å². The van der Waals surface area contributed by atoms with Gasteiger partial charge in [-0.15, -0.1) is 0 Å². The fourth-order valence-corrected chi connectivity index (χ4v) is 3.25. The molecule has 7 nitrogen and oxygen atoms in total. The standard InChI is InChI=1S/C22H24FN7/c1-2-25-22(26-8-7-17-14-27-20-11-18(23)4-5-19(17)20)29-13-16-3-6-21(28-12-16)30-10-9-24-15-30/h3-6,9-12,14-15,27H,2,7-8,13H2,1H3,(H2,25,26,29). The smallest absolute Gasteiger partial charge is 0.191 e. The monoisotopic (exact) mass is 405 g/mol. The van der Waals surface area contributed by atoms with E-state index in [1.54, 1.807) is 12.5 Å². The maximum Gasteiger partial charge on any atom is 0.191 e. The maximum atomic E-state index is 13.3. The van der Waals surface area contributed by atoms with Crippen molar-refractivity contribution in [3.63, 3.8) is 0 Å². The first kappa shape index (κ1) is 19.6. The summed E-state index contributed by atoms with van der Waals surface area (Å²) in [5.41, 5.74) is 2.99. The normalized spacial score (nSPS) is 11.7. The summed E-state index contributed by atoms with van der Waals surface area (Å²) < 4.78 is 15.2. The second kappa shape index (κ2) is 9.21. The van der Waals surface area contributed by atoms with Crippen molar-refractivity contribution in [2.24, 2.45) is 4.99 Å². The molecule has 4 aromatic rings. The Balaban J connectivity index is 1.35. The molecule has 0 aliphatic carbocycles. The molecule has 3 aromatic heterocycles. The third kappa shape index (κ3) is 4.65. The van der Waals surface area contributed by atoms with Gasteiger partial charge in [0.25, 0.3) is 0 Å². The molecule has 1 aromatic carbocycles. The summed E-state index contributed by atoms with van der Waals surface area (Å²) in [5, 5.41) is 7.66. The number of halogens is 1. The Bertz CT molecular complexity index is 1110. The number of nitrogens with zero attached hydrogens (tertiary/aromatic N) is 4.